The molecule has 0 fully saturated rings. The Balaban J connectivity index is 1.02. The van der Waals surface area contributed by atoms with Gasteiger partial charge in [0.15, 0.2) is 0 Å². The number of benzene rings is 6. The van der Waals surface area contributed by atoms with Gasteiger partial charge in [0.05, 0.1) is 28.1 Å². The van der Waals surface area contributed by atoms with Crippen molar-refractivity contribution in [1.82, 2.24) is 25.1 Å². The molecule has 6 aromatic carbocycles. The smallest absolute Gasteiger partial charge is 0.111 e. The molecule has 5 nitrogen and oxygen atoms in total. The molecule has 0 spiro atoms. The lowest BCUT2D eigenvalue weighted by Crippen LogP contribution is -2.51. The van der Waals surface area contributed by atoms with E-state index in [4.69, 9.17) is 0 Å². The largest absolute Gasteiger partial charge is 0.369 e. The fraction of sp³-hybridized carbons (Fsp3) is 0.102. The van der Waals surface area contributed by atoms with Gasteiger partial charge in [-0.25, -0.2) is 0 Å². The number of aromatic nitrogens is 2. The van der Waals surface area contributed by atoms with Crippen LogP contribution in [0.3, 0.4) is 0 Å². The molecule has 3 unspecified atom stereocenters. The van der Waals surface area contributed by atoms with Gasteiger partial charge in [0.2, 0.25) is 0 Å². The fourth-order valence-corrected chi connectivity index (χ4v) is 9.06. The molecule has 8 aromatic rings. The molecule has 3 N–H and O–H groups in total. The molecule has 3 aliphatic rings. The first-order valence-corrected chi connectivity index (χ1v) is 19.0. The second-order valence-electron chi connectivity index (χ2n) is 14.6. The third kappa shape index (κ3) is 4.97. The summed E-state index contributed by atoms with van der Waals surface area (Å²) in [5.74, 6) is 1.36. The highest BCUT2D eigenvalue weighted by Gasteiger charge is 2.31. The van der Waals surface area contributed by atoms with E-state index < -0.39 is 0 Å². The molecule has 4 heterocycles. The van der Waals surface area contributed by atoms with Gasteiger partial charge < -0.3 is 15.2 Å². The molecule has 2 aliphatic heterocycles. The van der Waals surface area contributed by atoms with Crippen LogP contribution in [-0.2, 0) is 0 Å². The van der Waals surface area contributed by atoms with Crippen LogP contribution in [0.25, 0.3) is 61.2 Å². The van der Waals surface area contributed by atoms with Crippen LogP contribution in [0.15, 0.2) is 181 Å². The highest BCUT2D eigenvalue weighted by Crippen LogP contribution is 2.40. The van der Waals surface area contributed by atoms with Gasteiger partial charge in [-0.05, 0) is 77.2 Å². The van der Waals surface area contributed by atoms with Gasteiger partial charge in [-0.15, -0.1) is 0 Å². The third-order valence-corrected chi connectivity index (χ3v) is 11.6. The predicted octanol–water partition coefficient (Wildman–Crippen LogP) is 10.6. The molecule has 0 bridgehead atoms. The second-order valence-corrected chi connectivity index (χ2v) is 14.6. The molecule has 0 saturated carbocycles. The number of nitrogens with one attached hydrogen (secondary N) is 3. The number of dihydropyridines is 1. The summed E-state index contributed by atoms with van der Waals surface area (Å²) in [6.07, 6.45) is 12.5. The zero-order valence-corrected chi connectivity index (χ0v) is 29.8. The molecule has 1 aliphatic carbocycles. The summed E-state index contributed by atoms with van der Waals surface area (Å²) < 4.78 is 4.82. The molecule has 54 heavy (non-hydrogen) atoms. The highest BCUT2D eigenvalue weighted by atomic mass is 15.2. The number of nitrogens with zero attached hydrogens (tertiary/aromatic N) is 2. The number of hydrogen-bond donors (Lipinski definition) is 3. The average Bonchev–Trinajstić information content (AvgIpc) is 3.75. The zero-order chi connectivity index (χ0) is 35.6. The van der Waals surface area contributed by atoms with Crippen LogP contribution in [-0.4, -0.2) is 21.8 Å². The normalized spacial score (nSPS) is 19.6. The lowest BCUT2D eigenvalue weighted by molar-refractivity contribution is 0.423. The van der Waals surface area contributed by atoms with E-state index in [2.05, 4.69) is 201 Å². The lowest BCUT2D eigenvalue weighted by Gasteiger charge is -2.38. The molecule has 0 radical (unpaired) electrons. The van der Waals surface area contributed by atoms with E-state index in [1.807, 2.05) is 0 Å². The summed E-state index contributed by atoms with van der Waals surface area (Å²) in [6, 6.07) is 52.8. The van der Waals surface area contributed by atoms with Crippen LogP contribution < -0.4 is 16.0 Å². The van der Waals surface area contributed by atoms with Crippen molar-refractivity contribution in [3.63, 3.8) is 0 Å². The molecule has 0 amide bonds. The van der Waals surface area contributed by atoms with Gasteiger partial charge in [0.25, 0.3) is 0 Å². The number of allylic oxidation sites excluding steroid dienone is 4. The number of hydrogen-bond acceptors (Lipinski definition) is 3. The van der Waals surface area contributed by atoms with Gasteiger partial charge in [-0.1, -0.05) is 127 Å². The van der Waals surface area contributed by atoms with Crippen molar-refractivity contribution in [1.29, 1.82) is 0 Å². The molecule has 3 atom stereocenters. The van der Waals surface area contributed by atoms with E-state index in [0.717, 1.165) is 17.9 Å². The van der Waals surface area contributed by atoms with E-state index in [-0.39, 0.29) is 18.1 Å². The van der Waals surface area contributed by atoms with Crippen LogP contribution in [0.2, 0.25) is 0 Å². The average molecular weight is 698 g/mol. The van der Waals surface area contributed by atoms with E-state index in [0.29, 0.717) is 6.54 Å². The minimum Gasteiger partial charge on any atom is -0.369 e. The third-order valence-electron chi connectivity index (χ3n) is 11.6. The minimum atomic E-state index is -0.0297. The Morgan fingerprint density at radius 3 is 2.00 bits per heavy atom. The van der Waals surface area contributed by atoms with Crippen molar-refractivity contribution in [3.05, 3.63) is 198 Å². The van der Waals surface area contributed by atoms with Crippen molar-refractivity contribution in [2.45, 2.75) is 24.5 Å². The first-order chi connectivity index (χ1) is 26.8. The maximum absolute atomic E-state index is 3.97. The topological polar surface area (TPSA) is 46.0 Å². The SMILES string of the molecule is C1=Cc2ccccc2C(C2=CC(c3ccccc3)NC(C3=CC=C(n4c5ccccc5c5cc6c7ccccc7n(-c7ccccc7)c6cc54)NC3)N2)C1. The maximum Gasteiger partial charge on any atom is 0.111 e. The van der Waals surface area contributed by atoms with Crippen molar-refractivity contribution in [2.24, 2.45) is 0 Å². The Hall–Kier alpha value is -6.56. The number of para-hydroxylation sites is 3. The quantitative estimate of drug-likeness (QED) is 0.168. The van der Waals surface area contributed by atoms with E-state index >= 15 is 0 Å². The van der Waals surface area contributed by atoms with Gasteiger partial charge in [0, 0.05) is 45.4 Å². The van der Waals surface area contributed by atoms with Gasteiger partial charge in [-0.2, -0.15) is 0 Å². The van der Waals surface area contributed by atoms with Crippen LogP contribution in [0, 0.1) is 0 Å². The zero-order valence-electron chi connectivity index (χ0n) is 29.8. The summed E-state index contributed by atoms with van der Waals surface area (Å²) in [7, 11) is 0. The number of rotatable bonds is 5. The Morgan fingerprint density at radius 2 is 1.24 bits per heavy atom. The summed E-state index contributed by atoms with van der Waals surface area (Å²) in [5, 5.41) is 16.8. The Kier molecular flexibility index (Phi) is 7.20. The molecule has 260 valence electrons. The molecular weight excluding hydrogens is 659 g/mol. The standard InChI is InChI=1S/C49H39N5/c1-3-15-33(16-4-1)42-29-43(37-23-13-17-32-14-7-8-20-36(32)37)52-49(51-42)34-26-27-48(50-31-34)54-45-25-12-10-22-39(45)41-28-40-38-21-9-11-24-44(38)53(46(40)30-47(41)54)35-18-5-2-6-19-35/h1-22,24-30,37,42,49-52H,23,31H2. The Labute approximate surface area is 314 Å². The maximum atomic E-state index is 3.97. The molecule has 2 aromatic heterocycles. The van der Waals surface area contributed by atoms with Gasteiger partial charge in [-0.3, -0.25) is 9.88 Å². The van der Waals surface area contributed by atoms with Gasteiger partial charge >= 0.3 is 0 Å². The highest BCUT2D eigenvalue weighted by molar-refractivity contribution is 6.19. The first kappa shape index (κ1) is 31.0. The van der Waals surface area contributed by atoms with Crippen molar-refractivity contribution in [2.75, 3.05) is 6.54 Å². The van der Waals surface area contributed by atoms with Gasteiger partial charge in [0.1, 0.15) is 12.0 Å². The van der Waals surface area contributed by atoms with E-state index in [1.165, 1.54) is 71.6 Å². The van der Waals surface area contributed by atoms with Crippen LogP contribution in [0.5, 0.6) is 0 Å². The lowest BCUT2D eigenvalue weighted by atomic mass is 9.83. The van der Waals surface area contributed by atoms with Crippen molar-refractivity contribution < 1.29 is 0 Å². The predicted molar refractivity (Wildman–Crippen MR) is 224 cm³/mol. The Morgan fingerprint density at radius 1 is 0.574 bits per heavy atom. The van der Waals surface area contributed by atoms with Crippen LogP contribution in [0.4, 0.5) is 0 Å². The van der Waals surface area contributed by atoms with Crippen LogP contribution >= 0.6 is 0 Å². The van der Waals surface area contributed by atoms with Crippen molar-refractivity contribution >= 4 is 55.5 Å². The van der Waals surface area contributed by atoms with E-state index in [1.54, 1.807) is 0 Å². The first-order valence-electron chi connectivity index (χ1n) is 19.0. The molecular formula is C49H39N5. The Bertz CT molecular complexity index is 2870. The monoisotopic (exact) mass is 697 g/mol. The molecule has 5 heteroatoms. The van der Waals surface area contributed by atoms with E-state index in [9.17, 15) is 0 Å². The fourth-order valence-electron chi connectivity index (χ4n) is 9.06. The molecule has 11 rings (SSSR count). The van der Waals surface area contributed by atoms with Crippen molar-refractivity contribution in [3.8, 4) is 5.69 Å². The summed E-state index contributed by atoms with van der Waals surface area (Å²) >= 11 is 0. The molecule has 0 saturated heterocycles. The summed E-state index contributed by atoms with van der Waals surface area (Å²) in [5.41, 5.74) is 12.5. The summed E-state index contributed by atoms with van der Waals surface area (Å²) in [6.45, 7) is 0.715. The number of fused-ring (bicyclic) bond motifs is 7. The van der Waals surface area contributed by atoms with Crippen LogP contribution in [0.1, 0.15) is 35.1 Å². The minimum absolute atomic E-state index is 0.0297. The second kappa shape index (κ2) is 12.5. The summed E-state index contributed by atoms with van der Waals surface area (Å²) in [4.78, 5) is 0.